The molecular formula is C19H16FNO4. The van der Waals surface area contributed by atoms with Crippen LogP contribution in [0.3, 0.4) is 0 Å². The highest BCUT2D eigenvalue weighted by Gasteiger charge is 2.11. The average molecular weight is 341 g/mol. The van der Waals surface area contributed by atoms with Gasteiger partial charge < -0.3 is 14.5 Å². The molecule has 0 saturated carbocycles. The van der Waals surface area contributed by atoms with Crippen LogP contribution in [0.2, 0.25) is 0 Å². The molecule has 25 heavy (non-hydrogen) atoms. The molecule has 1 heterocycles. The van der Waals surface area contributed by atoms with Crippen LogP contribution in [0.25, 0.3) is 11.0 Å². The van der Waals surface area contributed by atoms with Crippen LogP contribution in [0.5, 0.6) is 5.75 Å². The number of nitrogens with one attached hydrogen (secondary N) is 1. The maximum absolute atomic E-state index is 12.9. The predicted octanol–water partition coefficient (Wildman–Crippen LogP) is 2.80. The number of methoxy groups -OCH3 is 1. The van der Waals surface area contributed by atoms with E-state index in [9.17, 15) is 14.0 Å². The first-order valence-electron chi connectivity index (χ1n) is 7.67. The van der Waals surface area contributed by atoms with Gasteiger partial charge in [-0.3, -0.25) is 4.79 Å². The minimum Gasteiger partial charge on any atom is -0.497 e. The van der Waals surface area contributed by atoms with Crippen molar-refractivity contribution in [3.63, 3.8) is 0 Å². The summed E-state index contributed by atoms with van der Waals surface area (Å²) in [6.07, 6.45) is 0.0373. The largest absolute Gasteiger partial charge is 0.497 e. The lowest BCUT2D eigenvalue weighted by atomic mass is 10.1. The lowest BCUT2D eigenvalue weighted by Crippen LogP contribution is -2.25. The molecule has 1 aromatic heterocycles. The standard InChI is InChI=1S/C19H16FNO4/c1-24-15-6-7-16-13(9-19(23)25-17(16)10-15)8-18(22)21-11-12-2-4-14(20)5-3-12/h2-7,9-10H,8,11H2,1H3,(H,21,22). The van der Waals surface area contributed by atoms with Crippen LogP contribution in [-0.4, -0.2) is 13.0 Å². The van der Waals surface area contributed by atoms with Crippen LogP contribution >= 0.6 is 0 Å². The Balaban J connectivity index is 1.76. The second kappa shape index (κ2) is 7.17. The zero-order chi connectivity index (χ0) is 17.8. The van der Waals surface area contributed by atoms with E-state index in [0.29, 0.717) is 22.3 Å². The summed E-state index contributed by atoms with van der Waals surface area (Å²) in [5.74, 6) is -0.00594. The third-order valence-corrected chi connectivity index (χ3v) is 3.79. The van der Waals surface area contributed by atoms with E-state index < -0.39 is 5.63 Å². The maximum atomic E-state index is 12.9. The molecule has 0 saturated heterocycles. The van der Waals surface area contributed by atoms with E-state index in [1.54, 1.807) is 30.3 Å². The Hall–Kier alpha value is -3.15. The number of fused-ring (bicyclic) bond motifs is 1. The van der Waals surface area contributed by atoms with Crippen LogP contribution < -0.4 is 15.7 Å². The van der Waals surface area contributed by atoms with Gasteiger partial charge in [0.15, 0.2) is 0 Å². The quantitative estimate of drug-likeness (QED) is 0.725. The maximum Gasteiger partial charge on any atom is 0.336 e. The van der Waals surface area contributed by atoms with Gasteiger partial charge in [-0.1, -0.05) is 12.1 Å². The van der Waals surface area contributed by atoms with Crippen molar-refractivity contribution in [2.75, 3.05) is 7.11 Å². The van der Waals surface area contributed by atoms with Gasteiger partial charge in [0.2, 0.25) is 5.91 Å². The molecular weight excluding hydrogens is 325 g/mol. The molecule has 0 aliphatic heterocycles. The van der Waals surface area contributed by atoms with E-state index in [2.05, 4.69) is 5.32 Å². The smallest absolute Gasteiger partial charge is 0.336 e. The molecule has 0 spiro atoms. The van der Waals surface area contributed by atoms with Gasteiger partial charge in [-0.25, -0.2) is 9.18 Å². The number of amides is 1. The van der Waals surface area contributed by atoms with Crippen molar-refractivity contribution >= 4 is 16.9 Å². The first kappa shape index (κ1) is 16.7. The molecule has 3 rings (SSSR count). The summed E-state index contributed by atoms with van der Waals surface area (Å²) in [5, 5.41) is 3.43. The van der Waals surface area contributed by atoms with Gasteiger partial charge in [0.05, 0.1) is 13.5 Å². The summed E-state index contributed by atoms with van der Waals surface area (Å²) in [6, 6.07) is 12.3. The van der Waals surface area contributed by atoms with E-state index in [-0.39, 0.29) is 24.7 Å². The van der Waals surface area contributed by atoms with Crippen molar-refractivity contribution in [1.29, 1.82) is 0 Å². The van der Waals surface area contributed by atoms with Crippen LogP contribution in [0.4, 0.5) is 4.39 Å². The van der Waals surface area contributed by atoms with Crippen molar-refractivity contribution in [2.24, 2.45) is 0 Å². The highest BCUT2D eigenvalue weighted by Crippen LogP contribution is 2.22. The number of benzene rings is 2. The van der Waals surface area contributed by atoms with Crippen molar-refractivity contribution in [2.45, 2.75) is 13.0 Å². The van der Waals surface area contributed by atoms with Gasteiger partial charge in [-0.15, -0.1) is 0 Å². The predicted molar refractivity (Wildman–Crippen MR) is 91.0 cm³/mol. The highest BCUT2D eigenvalue weighted by atomic mass is 19.1. The topological polar surface area (TPSA) is 68.5 Å². The van der Waals surface area contributed by atoms with Gasteiger partial charge in [0.25, 0.3) is 0 Å². The third-order valence-electron chi connectivity index (χ3n) is 3.79. The monoisotopic (exact) mass is 341 g/mol. The molecule has 1 N–H and O–H groups in total. The van der Waals surface area contributed by atoms with Crippen LogP contribution in [-0.2, 0) is 17.8 Å². The lowest BCUT2D eigenvalue weighted by Gasteiger charge is -2.08. The number of rotatable bonds is 5. The Kier molecular flexibility index (Phi) is 4.79. The molecule has 3 aromatic rings. The van der Waals surface area contributed by atoms with E-state index in [1.165, 1.54) is 25.3 Å². The molecule has 0 aliphatic carbocycles. The van der Waals surface area contributed by atoms with E-state index in [4.69, 9.17) is 9.15 Å². The first-order chi connectivity index (χ1) is 12.0. The van der Waals surface area contributed by atoms with Gasteiger partial charge in [0, 0.05) is 24.1 Å². The Labute approximate surface area is 143 Å². The summed E-state index contributed by atoms with van der Waals surface area (Å²) in [6.45, 7) is 0.284. The molecule has 0 unspecified atom stereocenters. The zero-order valence-corrected chi connectivity index (χ0v) is 13.5. The normalized spacial score (nSPS) is 10.6. The summed E-state index contributed by atoms with van der Waals surface area (Å²) >= 11 is 0. The van der Waals surface area contributed by atoms with Gasteiger partial charge in [-0.2, -0.15) is 0 Å². The van der Waals surface area contributed by atoms with Crippen LogP contribution in [0.1, 0.15) is 11.1 Å². The number of hydrogen-bond acceptors (Lipinski definition) is 4. The molecule has 5 nitrogen and oxygen atoms in total. The second-order valence-corrected chi connectivity index (χ2v) is 5.53. The third kappa shape index (κ3) is 4.03. The fraction of sp³-hybridized carbons (Fsp3) is 0.158. The van der Waals surface area contributed by atoms with Crippen LogP contribution in [0, 0.1) is 5.82 Å². The molecule has 0 bridgehead atoms. The van der Waals surface area contributed by atoms with Crippen molar-refractivity contribution in [1.82, 2.24) is 5.32 Å². The fourth-order valence-corrected chi connectivity index (χ4v) is 2.52. The van der Waals surface area contributed by atoms with Gasteiger partial charge >= 0.3 is 5.63 Å². The SMILES string of the molecule is COc1ccc2c(CC(=O)NCc3ccc(F)cc3)cc(=O)oc2c1. The van der Waals surface area contributed by atoms with Crippen molar-refractivity contribution in [3.8, 4) is 5.75 Å². The number of carbonyl (C=O) groups is 1. The first-order valence-corrected chi connectivity index (χ1v) is 7.67. The van der Waals surface area contributed by atoms with E-state index in [0.717, 1.165) is 5.56 Å². The molecule has 2 aromatic carbocycles. The van der Waals surface area contributed by atoms with Crippen LogP contribution in [0.15, 0.2) is 57.7 Å². The molecule has 128 valence electrons. The second-order valence-electron chi connectivity index (χ2n) is 5.53. The molecule has 0 radical (unpaired) electrons. The number of carbonyl (C=O) groups excluding carboxylic acids is 1. The van der Waals surface area contributed by atoms with Gasteiger partial charge in [-0.05, 0) is 35.4 Å². The Morgan fingerprint density at radius 3 is 2.64 bits per heavy atom. The number of ether oxygens (including phenoxy) is 1. The summed E-state index contributed by atoms with van der Waals surface area (Å²) in [5.41, 5.74) is 1.21. The molecule has 0 atom stereocenters. The van der Waals surface area contributed by atoms with Crippen molar-refractivity contribution in [3.05, 3.63) is 75.9 Å². The fourth-order valence-electron chi connectivity index (χ4n) is 2.52. The van der Waals surface area contributed by atoms with Crippen molar-refractivity contribution < 1.29 is 18.3 Å². The summed E-state index contributed by atoms with van der Waals surface area (Å²) in [7, 11) is 1.52. The van der Waals surface area contributed by atoms with Gasteiger partial charge in [0.1, 0.15) is 17.1 Å². The minimum atomic E-state index is -0.526. The summed E-state index contributed by atoms with van der Waals surface area (Å²) in [4.78, 5) is 23.9. The summed E-state index contributed by atoms with van der Waals surface area (Å²) < 4.78 is 23.2. The number of halogens is 1. The number of hydrogen-bond donors (Lipinski definition) is 1. The van der Waals surface area contributed by atoms with E-state index >= 15 is 0 Å². The molecule has 0 aliphatic rings. The molecule has 6 heteroatoms. The molecule has 0 fully saturated rings. The Morgan fingerprint density at radius 2 is 1.92 bits per heavy atom. The Morgan fingerprint density at radius 1 is 1.16 bits per heavy atom. The molecule has 1 amide bonds. The zero-order valence-electron chi connectivity index (χ0n) is 13.5. The lowest BCUT2D eigenvalue weighted by molar-refractivity contribution is -0.120. The highest BCUT2D eigenvalue weighted by molar-refractivity contribution is 5.87. The minimum absolute atomic E-state index is 0.0373. The Bertz CT molecular complexity index is 963. The average Bonchev–Trinajstić information content (AvgIpc) is 2.60. The van der Waals surface area contributed by atoms with E-state index in [1.807, 2.05) is 0 Å².